The van der Waals surface area contributed by atoms with E-state index in [-0.39, 0.29) is 36.2 Å². The van der Waals surface area contributed by atoms with E-state index in [1.54, 1.807) is 0 Å². The Hall–Kier alpha value is -0.880. The molecule has 2 atom stereocenters. The molecule has 106 valence electrons. The number of rotatable bonds is 2. The normalized spacial score (nSPS) is 33.8. The van der Waals surface area contributed by atoms with Crippen LogP contribution in [-0.4, -0.2) is 31.5 Å². The van der Waals surface area contributed by atoms with Crippen molar-refractivity contribution in [2.24, 2.45) is 11.8 Å². The van der Waals surface area contributed by atoms with Crippen molar-refractivity contribution in [3.63, 3.8) is 0 Å². The lowest BCUT2D eigenvalue weighted by molar-refractivity contribution is -0.330. The van der Waals surface area contributed by atoms with Crippen molar-refractivity contribution in [1.29, 1.82) is 0 Å². The Morgan fingerprint density at radius 1 is 1.11 bits per heavy atom. The topological polar surface area (TPSA) is 35.5 Å². The maximum atomic E-state index is 13.4. The van der Waals surface area contributed by atoms with Gasteiger partial charge in [-0.3, -0.25) is 4.79 Å². The molecular weight excluding hydrogens is 261 g/mol. The largest absolute Gasteiger partial charge is 0.447 e. The highest BCUT2D eigenvalue weighted by molar-refractivity contribution is 5.80. The van der Waals surface area contributed by atoms with E-state index in [9.17, 15) is 18.0 Å². The third-order valence-corrected chi connectivity index (χ3v) is 4.40. The van der Waals surface area contributed by atoms with Crippen LogP contribution in [0.4, 0.5) is 13.2 Å². The molecule has 2 fully saturated rings. The summed E-state index contributed by atoms with van der Waals surface area (Å²) in [4.78, 5) is 11.1. The molecule has 0 bridgehead atoms. The lowest BCUT2D eigenvalue weighted by Crippen LogP contribution is -2.55. The van der Waals surface area contributed by atoms with Gasteiger partial charge in [0.15, 0.2) is 0 Å². The molecule has 0 spiro atoms. The summed E-state index contributed by atoms with van der Waals surface area (Å²) in [5.74, 6) is -2.91. The number of hydrogen-bond donors (Lipinski definition) is 0. The molecule has 1 saturated carbocycles. The Bertz CT molecular complexity index is 421. The van der Waals surface area contributed by atoms with E-state index in [1.165, 1.54) is 0 Å². The van der Waals surface area contributed by atoms with Gasteiger partial charge in [0, 0.05) is 11.1 Å². The summed E-state index contributed by atoms with van der Waals surface area (Å²) in [5.41, 5.74) is 0.293. The molecule has 0 amide bonds. The molecule has 3 aliphatic rings. The molecule has 2 unspecified atom stereocenters. The highest BCUT2D eigenvalue weighted by atomic mass is 19.4. The predicted molar refractivity (Wildman–Crippen MR) is 59.2 cm³/mol. The number of hydrogen-bond acceptors (Lipinski definition) is 3. The van der Waals surface area contributed by atoms with Gasteiger partial charge >= 0.3 is 6.18 Å². The zero-order chi connectivity index (χ0) is 13.7. The van der Waals surface area contributed by atoms with Crippen molar-refractivity contribution in [2.75, 3.05) is 13.2 Å². The first-order chi connectivity index (χ1) is 9.01. The van der Waals surface area contributed by atoms with Crippen LogP contribution in [0.5, 0.6) is 0 Å². The smallest absolute Gasteiger partial charge is 0.337 e. The molecule has 3 rings (SSSR count). The third-order valence-electron chi connectivity index (χ3n) is 4.40. The van der Waals surface area contributed by atoms with Gasteiger partial charge in [0.2, 0.25) is 0 Å². The van der Waals surface area contributed by atoms with Crippen LogP contribution in [0.3, 0.4) is 0 Å². The van der Waals surface area contributed by atoms with Crippen molar-refractivity contribution in [3.05, 3.63) is 11.1 Å². The maximum absolute atomic E-state index is 13.4. The lowest BCUT2D eigenvalue weighted by Gasteiger charge is -2.49. The Morgan fingerprint density at radius 3 is 2.21 bits per heavy atom. The average Bonchev–Trinajstić information content (AvgIpc) is 2.81. The fourth-order valence-electron chi connectivity index (χ4n) is 3.64. The van der Waals surface area contributed by atoms with Gasteiger partial charge < -0.3 is 9.47 Å². The van der Waals surface area contributed by atoms with Crippen LogP contribution in [0.25, 0.3) is 0 Å². The van der Waals surface area contributed by atoms with E-state index >= 15 is 0 Å². The first-order valence-electron chi connectivity index (χ1n) is 6.55. The second-order valence-corrected chi connectivity index (χ2v) is 5.30. The number of aldehydes is 1. The zero-order valence-corrected chi connectivity index (χ0v) is 10.3. The molecule has 0 aromatic carbocycles. The fraction of sp³-hybridized carbons (Fsp3) is 0.769. The van der Waals surface area contributed by atoms with Crippen LogP contribution in [-0.2, 0) is 14.3 Å². The number of carbonyl (C=O) groups excluding carboxylic acids is 1. The van der Waals surface area contributed by atoms with Crippen molar-refractivity contribution < 1.29 is 27.4 Å². The molecule has 1 heterocycles. The van der Waals surface area contributed by atoms with E-state index in [1.807, 2.05) is 0 Å². The first-order valence-corrected chi connectivity index (χ1v) is 6.55. The number of allylic oxidation sites excluding steroid dienone is 1. The standard InChI is InChI=1S/C13H15F3O3/c14-13(15,16)12(18-5-6-19-12)11-9-4-2-1-3-8(9)10(11)7-17/h7-9H,1-6H2. The van der Waals surface area contributed by atoms with Crippen LogP contribution in [0.2, 0.25) is 0 Å². The van der Waals surface area contributed by atoms with Crippen molar-refractivity contribution in [2.45, 2.75) is 37.6 Å². The number of halogens is 3. The van der Waals surface area contributed by atoms with E-state index < -0.39 is 12.0 Å². The molecule has 1 aliphatic heterocycles. The summed E-state index contributed by atoms with van der Waals surface area (Å²) in [6, 6.07) is 0. The van der Waals surface area contributed by atoms with Gasteiger partial charge in [-0.2, -0.15) is 13.2 Å². The molecule has 1 saturated heterocycles. The van der Waals surface area contributed by atoms with E-state index in [0.717, 1.165) is 19.3 Å². The molecule has 6 heteroatoms. The van der Waals surface area contributed by atoms with E-state index in [2.05, 4.69) is 0 Å². The second-order valence-electron chi connectivity index (χ2n) is 5.30. The predicted octanol–water partition coefficient (Wildman–Crippen LogP) is 2.61. The second kappa shape index (κ2) is 4.31. The highest BCUT2D eigenvalue weighted by Gasteiger charge is 2.67. The molecular formula is C13H15F3O3. The minimum Gasteiger partial charge on any atom is -0.337 e. The number of ether oxygens (including phenoxy) is 2. The Labute approximate surface area is 108 Å². The summed E-state index contributed by atoms with van der Waals surface area (Å²) >= 11 is 0. The highest BCUT2D eigenvalue weighted by Crippen LogP contribution is 2.58. The minimum absolute atomic E-state index is 0.0340. The van der Waals surface area contributed by atoms with Gasteiger partial charge in [-0.05, 0) is 24.7 Å². The Morgan fingerprint density at radius 2 is 1.68 bits per heavy atom. The van der Waals surface area contributed by atoms with Crippen molar-refractivity contribution in [1.82, 2.24) is 0 Å². The first kappa shape index (κ1) is 13.1. The lowest BCUT2D eigenvalue weighted by atomic mass is 9.59. The van der Waals surface area contributed by atoms with E-state index in [0.29, 0.717) is 12.7 Å². The van der Waals surface area contributed by atoms with Gasteiger partial charge in [0.1, 0.15) is 6.29 Å². The fourth-order valence-corrected chi connectivity index (χ4v) is 3.64. The zero-order valence-electron chi connectivity index (χ0n) is 10.3. The van der Waals surface area contributed by atoms with Crippen LogP contribution in [0.1, 0.15) is 25.7 Å². The summed E-state index contributed by atoms with van der Waals surface area (Å²) in [5, 5.41) is 0. The average molecular weight is 276 g/mol. The summed E-state index contributed by atoms with van der Waals surface area (Å²) in [6.07, 6.45) is -0.759. The molecule has 0 aromatic rings. The Kier molecular flexibility index (Phi) is 2.98. The van der Waals surface area contributed by atoms with Gasteiger partial charge in [0.25, 0.3) is 5.79 Å². The summed E-state index contributed by atoms with van der Waals surface area (Å²) < 4.78 is 49.9. The van der Waals surface area contributed by atoms with Gasteiger partial charge in [0.05, 0.1) is 13.2 Å². The molecule has 0 N–H and O–H groups in total. The quantitative estimate of drug-likeness (QED) is 0.727. The van der Waals surface area contributed by atoms with Gasteiger partial charge in [-0.15, -0.1) is 0 Å². The SMILES string of the molecule is O=CC1=C(C2(C(F)(F)F)OCCO2)C2CCCCC12. The number of fused-ring (bicyclic) bond motifs is 1. The van der Waals surface area contributed by atoms with Crippen molar-refractivity contribution in [3.8, 4) is 0 Å². The monoisotopic (exact) mass is 276 g/mol. The molecule has 3 nitrogen and oxygen atoms in total. The van der Waals surface area contributed by atoms with Crippen LogP contribution in [0.15, 0.2) is 11.1 Å². The maximum Gasteiger partial charge on any atom is 0.447 e. The van der Waals surface area contributed by atoms with Crippen LogP contribution in [0, 0.1) is 11.8 Å². The molecule has 2 aliphatic carbocycles. The number of alkyl halides is 3. The van der Waals surface area contributed by atoms with Crippen LogP contribution >= 0.6 is 0 Å². The Balaban J connectivity index is 2.05. The summed E-state index contributed by atoms with van der Waals surface area (Å²) in [6.45, 7) is -0.181. The van der Waals surface area contributed by atoms with Gasteiger partial charge in [-0.1, -0.05) is 12.8 Å². The molecule has 0 radical (unpaired) electrons. The van der Waals surface area contributed by atoms with Crippen LogP contribution < -0.4 is 0 Å². The molecule has 0 aromatic heterocycles. The third kappa shape index (κ3) is 1.69. The molecule has 19 heavy (non-hydrogen) atoms. The number of carbonyl (C=O) groups is 1. The van der Waals surface area contributed by atoms with Crippen molar-refractivity contribution >= 4 is 6.29 Å². The minimum atomic E-state index is -4.64. The summed E-state index contributed by atoms with van der Waals surface area (Å²) in [7, 11) is 0. The van der Waals surface area contributed by atoms with Gasteiger partial charge in [-0.25, -0.2) is 0 Å². The van der Waals surface area contributed by atoms with E-state index in [4.69, 9.17) is 9.47 Å².